The largest absolute Gasteiger partial charge is 0.305 e. The fraction of sp³-hybridized carbons (Fsp3) is 0.136. The molecule has 0 unspecified atom stereocenters. The molecule has 0 atom stereocenters. The predicted octanol–water partition coefficient (Wildman–Crippen LogP) is 2.63. The third-order valence-electron chi connectivity index (χ3n) is 4.73. The van der Waals surface area contributed by atoms with Crippen LogP contribution in [0.2, 0.25) is 0 Å². The van der Waals surface area contributed by atoms with Crippen molar-refractivity contribution >= 4 is 27.7 Å². The fourth-order valence-electron chi connectivity index (χ4n) is 3.35. The fourth-order valence-corrected chi connectivity index (χ4v) is 4.63. The van der Waals surface area contributed by atoms with E-state index in [1.165, 1.54) is 18.2 Å². The van der Waals surface area contributed by atoms with E-state index in [0.717, 1.165) is 15.7 Å². The van der Waals surface area contributed by atoms with E-state index in [-0.39, 0.29) is 21.8 Å². The first kappa shape index (κ1) is 19.9. The number of ketones is 2. The zero-order valence-electron chi connectivity index (χ0n) is 16.4. The maximum atomic E-state index is 13.3. The van der Waals surface area contributed by atoms with Crippen molar-refractivity contribution in [2.75, 3.05) is 14.1 Å². The molecule has 1 heterocycles. The van der Waals surface area contributed by atoms with Gasteiger partial charge in [0.15, 0.2) is 0 Å². The summed E-state index contributed by atoms with van der Waals surface area (Å²) in [5.74, 6) is -1.47. The van der Waals surface area contributed by atoms with E-state index in [1.807, 2.05) is 19.0 Å². The van der Waals surface area contributed by atoms with Crippen molar-refractivity contribution in [1.82, 2.24) is 14.1 Å². The minimum Gasteiger partial charge on any atom is -0.305 e. The maximum Gasteiger partial charge on any atom is 0.283 e. The second-order valence-electron chi connectivity index (χ2n) is 7.23. The van der Waals surface area contributed by atoms with Crippen molar-refractivity contribution in [3.8, 4) is 11.3 Å². The quantitative estimate of drug-likeness (QED) is 0.589. The summed E-state index contributed by atoms with van der Waals surface area (Å²) in [6, 6.07) is 15.3. The summed E-state index contributed by atoms with van der Waals surface area (Å²) in [6.07, 6.45) is 2.41. The van der Waals surface area contributed by atoms with Gasteiger partial charge in [-0.25, -0.2) is 0 Å². The summed E-state index contributed by atoms with van der Waals surface area (Å²) in [7, 11) is -0.223. The molecule has 7 nitrogen and oxygen atoms in total. The van der Waals surface area contributed by atoms with Gasteiger partial charge in [-0.15, -0.1) is 0 Å². The van der Waals surface area contributed by atoms with Gasteiger partial charge >= 0.3 is 0 Å². The van der Waals surface area contributed by atoms with Crippen LogP contribution in [0.1, 0.15) is 21.6 Å². The number of Topliss-reactive ketones (excluding diaryl/α,β-unsaturated/α-hetero) is 1. The molecule has 1 aliphatic rings. The summed E-state index contributed by atoms with van der Waals surface area (Å²) in [4.78, 5) is 26.6. The molecule has 0 saturated heterocycles. The zero-order valence-corrected chi connectivity index (χ0v) is 17.3. The van der Waals surface area contributed by atoms with Crippen LogP contribution in [0.25, 0.3) is 17.3 Å². The topological polar surface area (TPSA) is 89.3 Å². The van der Waals surface area contributed by atoms with Gasteiger partial charge < -0.3 is 4.90 Å². The molecule has 1 aromatic heterocycles. The molecule has 0 fully saturated rings. The highest BCUT2D eigenvalue weighted by Crippen LogP contribution is 2.31. The summed E-state index contributed by atoms with van der Waals surface area (Å²) in [5.41, 5.74) is 1.77. The molecule has 0 radical (unpaired) electrons. The molecule has 2 aromatic carbocycles. The Kier molecular flexibility index (Phi) is 4.97. The number of rotatable bonds is 5. The third-order valence-corrected chi connectivity index (χ3v) is 6.33. The third kappa shape index (κ3) is 3.40. The monoisotopic (exact) mass is 421 g/mol. The normalized spacial score (nSPS) is 13.7. The Labute approximate surface area is 174 Å². The van der Waals surface area contributed by atoms with Gasteiger partial charge in [0, 0.05) is 12.1 Å². The van der Waals surface area contributed by atoms with Gasteiger partial charge in [-0.2, -0.15) is 17.6 Å². The lowest BCUT2D eigenvalue weighted by atomic mass is 9.96. The highest BCUT2D eigenvalue weighted by Gasteiger charge is 2.34. The van der Waals surface area contributed by atoms with E-state index < -0.39 is 21.6 Å². The average molecular weight is 421 g/mol. The molecule has 30 heavy (non-hydrogen) atoms. The van der Waals surface area contributed by atoms with Crippen LogP contribution in [-0.4, -0.2) is 48.2 Å². The first-order valence-electron chi connectivity index (χ1n) is 9.23. The Bertz CT molecular complexity index is 1270. The molecule has 0 saturated carbocycles. The second kappa shape index (κ2) is 7.47. The lowest BCUT2D eigenvalue weighted by Gasteiger charge is -2.11. The van der Waals surface area contributed by atoms with Crippen LogP contribution in [0, 0.1) is 0 Å². The standard InChI is InChI=1S/C22H19N3O4S/c1-24(2)14-15-8-10-17(11-9-15)30(28,29)25-18-12-13-19(26)22(27)20(18)21(23-25)16-6-4-3-5-7-16/h3-13H,14H2,1-2H3. The molecule has 152 valence electrons. The Morgan fingerprint density at radius 3 is 2.23 bits per heavy atom. The molecule has 0 N–H and O–H groups in total. The van der Waals surface area contributed by atoms with E-state index in [1.54, 1.807) is 42.5 Å². The summed E-state index contributed by atoms with van der Waals surface area (Å²) < 4.78 is 27.5. The average Bonchev–Trinajstić information content (AvgIpc) is 3.12. The summed E-state index contributed by atoms with van der Waals surface area (Å²) in [6.45, 7) is 0.676. The molecular formula is C22H19N3O4S. The van der Waals surface area contributed by atoms with Crippen LogP contribution in [0.4, 0.5) is 0 Å². The van der Waals surface area contributed by atoms with Gasteiger partial charge in [0.25, 0.3) is 10.0 Å². The molecule has 1 aliphatic carbocycles. The lowest BCUT2D eigenvalue weighted by molar-refractivity contribution is -0.110. The molecule has 8 heteroatoms. The number of nitrogens with zero attached hydrogens (tertiary/aromatic N) is 3. The van der Waals surface area contributed by atoms with Crippen molar-refractivity contribution in [2.24, 2.45) is 0 Å². The molecule has 0 bridgehead atoms. The van der Waals surface area contributed by atoms with Crippen molar-refractivity contribution < 1.29 is 18.0 Å². The molecule has 4 rings (SSSR count). The van der Waals surface area contributed by atoms with E-state index in [2.05, 4.69) is 5.10 Å². The summed E-state index contributed by atoms with van der Waals surface area (Å²) in [5, 5.41) is 4.26. The highest BCUT2D eigenvalue weighted by atomic mass is 32.2. The van der Waals surface area contributed by atoms with Crippen LogP contribution in [0.3, 0.4) is 0 Å². The number of hydrogen-bond donors (Lipinski definition) is 0. The smallest absolute Gasteiger partial charge is 0.283 e. The van der Waals surface area contributed by atoms with Crippen molar-refractivity contribution in [1.29, 1.82) is 0 Å². The maximum absolute atomic E-state index is 13.3. The molecule has 0 aliphatic heterocycles. The first-order chi connectivity index (χ1) is 14.3. The lowest BCUT2D eigenvalue weighted by Crippen LogP contribution is -2.20. The van der Waals surface area contributed by atoms with Gasteiger partial charge in [0.05, 0.1) is 16.2 Å². The number of hydrogen-bond acceptors (Lipinski definition) is 6. The van der Waals surface area contributed by atoms with Gasteiger partial charge in [0.2, 0.25) is 11.6 Å². The molecule has 3 aromatic rings. The number of benzene rings is 2. The number of carbonyl (C=O) groups excluding carboxylic acids is 2. The van der Waals surface area contributed by atoms with Gasteiger partial charge in [-0.05, 0) is 43.9 Å². The number of fused-ring (bicyclic) bond motifs is 1. The van der Waals surface area contributed by atoms with E-state index in [9.17, 15) is 18.0 Å². The van der Waals surface area contributed by atoms with E-state index in [4.69, 9.17) is 0 Å². The van der Waals surface area contributed by atoms with E-state index in [0.29, 0.717) is 12.1 Å². The molecular weight excluding hydrogens is 402 g/mol. The van der Waals surface area contributed by atoms with E-state index >= 15 is 0 Å². The van der Waals surface area contributed by atoms with Crippen molar-refractivity contribution in [3.63, 3.8) is 0 Å². The van der Waals surface area contributed by atoms with Gasteiger partial charge in [-0.1, -0.05) is 42.5 Å². The second-order valence-corrected chi connectivity index (χ2v) is 9.00. The number of aromatic nitrogens is 2. The summed E-state index contributed by atoms with van der Waals surface area (Å²) >= 11 is 0. The van der Waals surface area contributed by atoms with Crippen LogP contribution < -0.4 is 0 Å². The van der Waals surface area contributed by atoms with Gasteiger partial charge in [-0.3, -0.25) is 9.59 Å². The Balaban J connectivity index is 1.87. The van der Waals surface area contributed by atoms with Crippen molar-refractivity contribution in [2.45, 2.75) is 11.4 Å². The number of allylic oxidation sites excluding steroid dienone is 1. The van der Waals surface area contributed by atoms with Crippen LogP contribution in [0.15, 0.2) is 65.6 Å². The number of carbonyl (C=O) groups is 2. The van der Waals surface area contributed by atoms with Crippen LogP contribution in [-0.2, 0) is 21.4 Å². The SMILES string of the molecule is CN(C)Cc1ccc(S(=O)(=O)n2nc(-c3ccccc3)c3c2C=CC(=O)C3=O)cc1. The van der Waals surface area contributed by atoms with Crippen molar-refractivity contribution in [3.05, 3.63) is 77.5 Å². The molecule has 0 amide bonds. The first-order valence-corrected chi connectivity index (χ1v) is 10.7. The molecule has 0 spiro atoms. The Morgan fingerprint density at radius 2 is 1.60 bits per heavy atom. The predicted molar refractivity (Wildman–Crippen MR) is 112 cm³/mol. The highest BCUT2D eigenvalue weighted by molar-refractivity contribution is 7.89. The Morgan fingerprint density at radius 1 is 0.933 bits per heavy atom. The zero-order chi connectivity index (χ0) is 21.5. The van der Waals surface area contributed by atoms with Gasteiger partial charge in [0.1, 0.15) is 5.69 Å². The minimum absolute atomic E-state index is 0.00139. The Hall–Kier alpha value is -3.36. The van der Waals surface area contributed by atoms with Crippen LogP contribution >= 0.6 is 0 Å². The minimum atomic E-state index is -4.08. The van der Waals surface area contributed by atoms with Crippen LogP contribution in [0.5, 0.6) is 0 Å².